The van der Waals surface area contributed by atoms with Crippen LogP contribution in [0.25, 0.3) is 0 Å². The Morgan fingerprint density at radius 1 is 1.36 bits per heavy atom. The topological polar surface area (TPSA) is 82.2 Å². The zero-order chi connectivity index (χ0) is 18.4. The maximum absolute atomic E-state index is 14.8. The SMILES string of the molecule is CC(C)(O)C(F)C1(C)Cc2cc([N+](=O)O)c(N3CCOCC3)cc2O1. The molecule has 2 N–H and O–H groups in total. The number of nitrogens with zero attached hydrogens (tertiary/aromatic N) is 2. The van der Waals surface area contributed by atoms with Gasteiger partial charge in [-0.1, -0.05) is 0 Å². The highest BCUT2D eigenvalue weighted by Gasteiger charge is 2.50. The minimum atomic E-state index is -1.62. The Bertz CT molecular complexity index is 684. The zero-order valence-corrected chi connectivity index (χ0v) is 14.7. The molecule has 138 valence electrons. The van der Waals surface area contributed by atoms with Gasteiger partial charge in [0.15, 0.2) is 6.17 Å². The minimum Gasteiger partial charge on any atom is -0.484 e. The van der Waals surface area contributed by atoms with Crippen molar-refractivity contribution in [3.05, 3.63) is 22.6 Å². The van der Waals surface area contributed by atoms with E-state index in [1.807, 2.05) is 4.90 Å². The normalized spacial score (nSPS) is 24.6. The molecule has 2 atom stereocenters. The van der Waals surface area contributed by atoms with Crippen molar-refractivity contribution in [2.75, 3.05) is 31.2 Å². The Kier molecular flexibility index (Phi) is 4.36. The van der Waals surface area contributed by atoms with Crippen molar-refractivity contribution in [1.82, 2.24) is 0 Å². The van der Waals surface area contributed by atoms with Crippen LogP contribution in [0.2, 0.25) is 0 Å². The molecule has 0 amide bonds. The number of fused-ring (bicyclic) bond motifs is 1. The number of hydrogen-bond donors (Lipinski definition) is 2. The number of anilines is 1. The fraction of sp³-hybridized carbons (Fsp3) is 0.647. The van der Waals surface area contributed by atoms with Crippen molar-refractivity contribution in [3.8, 4) is 5.75 Å². The van der Waals surface area contributed by atoms with E-state index in [2.05, 4.69) is 0 Å². The third-order valence-electron chi connectivity index (χ3n) is 4.76. The van der Waals surface area contributed by atoms with Crippen LogP contribution in [-0.4, -0.2) is 58.9 Å². The number of morpholine rings is 1. The first kappa shape index (κ1) is 17.9. The van der Waals surface area contributed by atoms with Crippen LogP contribution in [0.3, 0.4) is 0 Å². The number of halogens is 1. The molecule has 1 aromatic carbocycles. The molecule has 2 heterocycles. The summed E-state index contributed by atoms with van der Waals surface area (Å²) in [6.45, 7) is 6.57. The van der Waals surface area contributed by atoms with Crippen LogP contribution in [0.4, 0.5) is 15.8 Å². The number of ether oxygens (including phenoxy) is 2. The molecule has 2 aliphatic heterocycles. The second-order valence-electron chi connectivity index (χ2n) is 7.43. The minimum absolute atomic E-state index is 0.0900. The van der Waals surface area contributed by atoms with Gasteiger partial charge in [0.1, 0.15) is 17.0 Å². The van der Waals surface area contributed by atoms with E-state index in [0.717, 1.165) is 0 Å². The summed E-state index contributed by atoms with van der Waals surface area (Å²) >= 11 is 0. The Labute approximate surface area is 145 Å². The predicted molar refractivity (Wildman–Crippen MR) is 88.5 cm³/mol. The standard InChI is InChI=1S/C17H24FN2O5/c1-16(2,21)15(18)17(3)10-11-8-13(20(22)23)12(9-14(11)25-17)19-4-6-24-7-5-19/h8-9,15,21H,4-7,10H2,1-3H3,(H,22,23)/q+1. The molecule has 1 fully saturated rings. The number of alkyl halides is 1. The summed E-state index contributed by atoms with van der Waals surface area (Å²) in [7, 11) is 0. The fourth-order valence-corrected chi connectivity index (χ4v) is 3.60. The Hall–Kier alpha value is -1.93. The molecule has 0 aromatic heterocycles. The zero-order valence-electron chi connectivity index (χ0n) is 14.7. The summed E-state index contributed by atoms with van der Waals surface area (Å²) in [6.07, 6.45) is -1.43. The first-order valence-corrected chi connectivity index (χ1v) is 8.33. The van der Waals surface area contributed by atoms with Gasteiger partial charge in [0.05, 0.1) is 23.7 Å². The van der Waals surface area contributed by atoms with Crippen LogP contribution in [0, 0.1) is 4.91 Å². The van der Waals surface area contributed by atoms with Gasteiger partial charge in [-0.15, -0.1) is 0 Å². The lowest BCUT2D eigenvalue weighted by Gasteiger charge is -2.35. The molecule has 8 heteroatoms. The monoisotopic (exact) mass is 355 g/mol. The van der Waals surface area contributed by atoms with Gasteiger partial charge >= 0.3 is 5.69 Å². The van der Waals surface area contributed by atoms with Gasteiger partial charge in [-0.05, 0) is 20.8 Å². The molecule has 1 saturated heterocycles. The highest BCUT2D eigenvalue weighted by Crippen LogP contribution is 2.45. The average molecular weight is 355 g/mol. The maximum atomic E-state index is 14.8. The van der Waals surface area contributed by atoms with Crippen LogP contribution in [0.1, 0.15) is 26.3 Å². The maximum Gasteiger partial charge on any atom is 0.340 e. The summed E-state index contributed by atoms with van der Waals surface area (Å²) in [6, 6.07) is 3.18. The number of hydrogen-bond acceptors (Lipinski definition) is 5. The van der Waals surface area contributed by atoms with Crippen LogP contribution < -0.4 is 9.64 Å². The number of aliphatic hydroxyl groups is 1. The highest BCUT2D eigenvalue weighted by molar-refractivity contribution is 5.69. The summed E-state index contributed by atoms with van der Waals surface area (Å²) in [5.74, 6) is 0.460. The van der Waals surface area contributed by atoms with Crippen molar-refractivity contribution < 1.29 is 29.1 Å². The van der Waals surface area contributed by atoms with Crippen LogP contribution >= 0.6 is 0 Å². The van der Waals surface area contributed by atoms with E-state index in [9.17, 15) is 19.6 Å². The van der Waals surface area contributed by atoms with Crippen molar-refractivity contribution in [2.24, 2.45) is 0 Å². The summed E-state index contributed by atoms with van der Waals surface area (Å²) < 4.78 is 25.9. The second-order valence-corrected chi connectivity index (χ2v) is 7.43. The van der Waals surface area contributed by atoms with E-state index < -0.39 is 17.4 Å². The predicted octanol–water partition coefficient (Wildman–Crippen LogP) is 2.13. The van der Waals surface area contributed by atoms with E-state index in [1.54, 1.807) is 13.0 Å². The highest BCUT2D eigenvalue weighted by atomic mass is 19.1. The second kappa shape index (κ2) is 6.10. The molecule has 0 saturated carbocycles. The summed E-state index contributed by atoms with van der Waals surface area (Å²) in [4.78, 5) is 13.4. The molecule has 2 unspecified atom stereocenters. The van der Waals surface area contributed by atoms with Crippen molar-refractivity contribution in [2.45, 2.75) is 44.6 Å². The molecule has 0 bridgehead atoms. The van der Waals surface area contributed by atoms with Crippen LogP contribution in [0.5, 0.6) is 5.75 Å². The smallest absolute Gasteiger partial charge is 0.340 e. The van der Waals surface area contributed by atoms with Gasteiger partial charge in [-0.3, -0.25) is 0 Å². The number of rotatable bonds is 4. The largest absolute Gasteiger partial charge is 0.484 e. The molecule has 25 heavy (non-hydrogen) atoms. The van der Waals surface area contributed by atoms with E-state index in [-0.39, 0.29) is 17.0 Å². The van der Waals surface area contributed by atoms with Gasteiger partial charge in [0.25, 0.3) is 4.92 Å². The first-order valence-electron chi connectivity index (χ1n) is 8.33. The van der Waals surface area contributed by atoms with E-state index in [1.165, 1.54) is 19.9 Å². The Morgan fingerprint density at radius 2 is 2.00 bits per heavy atom. The Morgan fingerprint density at radius 3 is 2.56 bits per heavy atom. The molecule has 7 nitrogen and oxygen atoms in total. The molecular weight excluding hydrogens is 331 g/mol. The average Bonchev–Trinajstić information content (AvgIpc) is 2.89. The molecule has 0 radical (unpaired) electrons. The van der Waals surface area contributed by atoms with Gasteiger partial charge < -0.3 is 19.5 Å². The number of benzene rings is 1. The molecule has 3 rings (SSSR count). The van der Waals surface area contributed by atoms with E-state index in [0.29, 0.717) is 43.3 Å². The third kappa shape index (κ3) is 3.28. The van der Waals surface area contributed by atoms with Crippen LogP contribution in [-0.2, 0) is 11.2 Å². The van der Waals surface area contributed by atoms with E-state index >= 15 is 0 Å². The van der Waals surface area contributed by atoms with Crippen molar-refractivity contribution in [1.29, 1.82) is 0 Å². The van der Waals surface area contributed by atoms with Crippen molar-refractivity contribution in [3.63, 3.8) is 0 Å². The molecular formula is C17H24FN2O5+. The summed E-state index contributed by atoms with van der Waals surface area (Å²) in [5.41, 5.74) is -1.58. The molecule has 2 aliphatic rings. The third-order valence-corrected chi connectivity index (χ3v) is 4.76. The van der Waals surface area contributed by atoms with Gasteiger partial charge in [-0.25, -0.2) is 9.60 Å². The Balaban J connectivity index is 1.97. The lowest BCUT2D eigenvalue weighted by molar-refractivity contribution is -0.729. The van der Waals surface area contributed by atoms with Crippen molar-refractivity contribution >= 4 is 11.4 Å². The first-order chi connectivity index (χ1) is 11.6. The fourth-order valence-electron chi connectivity index (χ4n) is 3.60. The summed E-state index contributed by atoms with van der Waals surface area (Å²) in [5, 5.41) is 19.5. The van der Waals surface area contributed by atoms with Gasteiger partial charge in [-0.2, -0.15) is 0 Å². The molecule has 0 aliphatic carbocycles. The molecule has 1 aromatic rings. The molecule has 0 spiro atoms. The van der Waals surface area contributed by atoms with Crippen LogP contribution in [0.15, 0.2) is 12.1 Å². The van der Waals surface area contributed by atoms with Gasteiger partial charge in [0, 0.05) is 37.2 Å². The lowest BCUT2D eigenvalue weighted by atomic mass is 9.85. The van der Waals surface area contributed by atoms with E-state index in [4.69, 9.17) is 9.47 Å². The quantitative estimate of drug-likeness (QED) is 0.805. The van der Waals surface area contributed by atoms with Gasteiger partial charge in [0.2, 0.25) is 0 Å². The lowest BCUT2D eigenvalue weighted by Crippen LogP contribution is -2.52.